The Labute approximate surface area is 84.2 Å². The summed E-state index contributed by atoms with van der Waals surface area (Å²) in [5.74, 6) is 0. The molecule has 2 N–H and O–H groups in total. The molecule has 0 rings (SSSR count). The molecule has 0 aliphatic heterocycles. The van der Waals surface area contributed by atoms with Crippen molar-refractivity contribution in [3.8, 4) is 0 Å². The second-order valence-corrected chi connectivity index (χ2v) is 3.95. The molecule has 0 aliphatic rings. The van der Waals surface area contributed by atoms with Gasteiger partial charge < -0.3 is 20.2 Å². The summed E-state index contributed by atoms with van der Waals surface area (Å²) in [5.41, 5.74) is -0.544. The van der Waals surface area contributed by atoms with Crippen molar-refractivity contribution in [2.45, 2.75) is 32.4 Å². The second kappa shape index (κ2) is 5.59. The summed E-state index contributed by atoms with van der Waals surface area (Å²) in [6.07, 6.45) is 0.0882. The van der Waals surface area contributed by atoms with Crippen molar-refractivity contribution < 1.29 is 14.3 Å². The monoisotopic (exact) mass is 202 g/mol. The molecule has 0 spiro atoms. The highest BCUT2D eigenvalue weighted by atomic mass is 16.6. The number of carbonyl (C=O) groups is 2. The Balaban J connectivity index is 3.97. The molecule has 5 nitrogen and oxygen atoms in total. The summed E-state index contributed by atoms with van der Waals surface area (Å²) in [5, 5.41) is 5.22. The Morgan fingerprint density at radius 1 is 1.50 bits per heavy atom. The van der Waals surface area contributed by atoms with E-state index in [4.69, 9.17) is 4.74 Å². The molecule has 0 radical (unpaired) electrons. The van der Waals surface area contributed by atoms with Crippen LogP contribution >= 0.6 is 0 Å². The number of aldehydes is 1. The van der Waals surface area contributed by atoms with Gasteiger partial charge in [-0.2, -0.15) is 0 Å². The summed E-state index contributed by atoms with van der Waals surface area (Å²) < 4.78 is 4.98. The van der Waals surface area contributed by atoms with Crippen LogP contribution in [0.2, 0.25) is 0 Å². The molecule has 0 heterocycles. The number of rotatable bonds is 4. The molecule has 0 aromatic rings. The van der Waals surface area contributed by atoms with Crippen LogP contribution in [0.4, 0.5) is 4.79 Å². The first-order valence-electron chi connectivity index (χ1n) is 4.48. The third-order valence-electron chi connectivity index (χ3n) is 1.29. The number of hydrogen-bond donors (Lipinski definition) is 2. The van der Waals surface area contributed by atoms with Gasteiger partial charge in [-0.25, -0.2) is 4.79 Å². The first kappa shape index (κ1) is 12.9. The molecule has 0 aromatic carbocycles. The van der Waals surface area contributed by atoms with Crippen LogP contribution in [0.1, 0.15) is 20.8 Å². The van der Waals surface area contributed by atoms with E-state index in [2.05, 4.69) is 10.6 Å². The van der Waals surface area contributed by atoms with Crippen LogP contribution in [0.3, 0.4) is 0 Å². The molecule has 82 valence electrons. The molecule has 5 heteroatoms. The molecule has 0 aliphatic carbocycles. The Morgan fingerprint density at radius 2 is 2.07 bits per heavy atom. The SMILES string of the molecule is CNC[C@@H](C=O)NC(=O)OC(C)(C)C. The van der Waals surface area contributed by atoms with E-state index in [0.717, 1.165) is 0 Å². The summed E-state index contributed by atoms with van der Waals surface area (Å²) >= 11 is 0. The first-order valence-corrected chi connectivity index (χ1v) is 4.48. The van der Waals surface area contributed by atoms with Crippen LogP contribution in [0.5, 0.6) is 0 Å². The van der Waals surface area contributed by atoms with Crippen LogP contribution in [-0.4, -0.2) is 37.6 Å². The molecular formula is C9H18N2O3. The van der Waals surface area contributed by atoms with Gasteiger partial charge in [0.2, 0.25) is 0 Å². The molecule has 0 saturated heterocycles. The fourth-order valence-electron chi connectivity index (χ4n) is 0.812. The van der Waals surface area contributed by atoms with E-state index >= 15 is 0 Å². The molecule has 0 aromatic heterocycles. The molecule has 14 heavy (non-hydrogen) atoms. The zero-order valence-corrected chi connectivity index (χ0v) is 9.09. The highest BCUT2D eigenvalue weighted by molar-refractivity contribution is 5.73. The van der Waals surface area contributed by atoms with E-state index in [1.54, 1.807) is 27.8 Å². The molecule has 0 fully saturated rings. The normalized spacial score (nSPS) is 13.1. The first-order chi connectivity index (χ1) is 6.39. The number of likely N-dealkylation sites (N-methyl/N-ethyl adjacent to an activating group) is 1. The van der Waals surface area contributed by atoms with Gasteiger partial charge >= 0.3 is 6.09 Å². The van der Waals surface area contributed by atoms with Crippen molar-refractivity contribution in [1.82, 2.24) is 10.6 Å². The standard InChI is InChI=1S/C9H18N2O3/c1-9(2,3)14-8(13)11-7(6-12)5-10-4/h6-7,10H,5H2,1-4H3,(H,11,13)/t7-/m0/s1. The fourth-order valence-corrected chi connectivity index (χ4v) is 0.812. The van der Waals surface area contributed by atoms with E-state index in [1.165, 1.54) is 0 Å². The number of ether oxygens (including phenoxy) is 1. The topological polar surface area (TPSA) is 67.4 Å². The lowest BCUT2D eigenvalue weighted by molar-refractivity contribution is -0.109. The molecule has 0 bridgehead atoms. The number of hydrogen-bond acceptors (Lipinski definition) is 4. The Morgan fingerprint density at radius 3 is 2.43 bits per heavy atom. The van der Waals surface area contributed by atoms with Crippen LogP contribution in [-0.2, 0) is 9.53 Å². The van der Waals surface area contributed by atoms with Gasteiger partial charge in [0.1, 0.15) is 17.9 Å². The van der Waals surface area contributed by atoms with Crippen molar-refractivity contribution in [3.63, 3.8) is 0 Å². The van der Waals surface area contributed by atoms with Crippen molar-refractivity contribution in [3.05, 3.63) is 0 Å². The molecular weight excluding hydrogens is 184 g/mol. The average molecular weight is 202 g/mol. The van der Waals surface area contributed by atoms with Gasteiger partial charge in [0.15, 0.2) is 0 Å². The third kappa shape index (κ3) is 6.42. The smallest absolute Gasteiger partial charge is 0.408 e. The largest absolute Gasteiger partial charge is 0.444 e. The summed E-state index contributed by atoms with van der Waals surface area (Å²) in [6.45, 7) is 5.68. The van der Waals surface area contributed by atoms with Crippen molar-refractivity contribution in [1.29, 1.82) is 0 Å². The predicted molar refractivity (Wildman–Crippen MR) is 53.1 cm³/mol. The average Bonchev–Trinajstić information content (AvgIpc) is 2.00. The predicted octanol–water partition coefficient (Wildman–Crippen LogP) is 0.298. The minimum absolute atomic E-state index is 0.392. The van der Waals surface area contributed by atoms with E-state index < -0.39 is 17.7 Å². The lowest BCUT2D eigenvalue weighted by atomic mass is 10.2. The fraction of sp³-hybridized carbons (Fsp3) is 0.778. The van der Waals surface area contributed by atoms with Crippen molar-refractivity contribution >= 4 is 12.4 Å². The van der Waals surface area contributed by atoms with Crippen molar-refractivity contribution in [2.75, 3.05) is 13.6 Å². The molecule has 0 unspecified atom stereocenters. The van der Waals surface area contributed by atoms with Gasteiger partial charge in [-0.15, -0.1) is 0 Å². The van der Waals surface area contributed by atoms with Gasteiger partial charge in [-0.3, -0.25) is 0 Å². The third-order valence-corrected chi connectivity index (χ3v) is 1.29. The number of carbonyl (C=O) groups excluding carboxylic acids is 2. The lowest BCUT2D eigenvalue weighted by Crippen LogP contribution is -2.44. The van der Waals surface area contributed by atoms with Gasteiger partial charge in [0.25, 0.3) is 0 Å². The van der Waals surface area contributed by atoms with Gasteiger partial charge in [-0.1, -0.05) is 0 Å². The maximum Gasteiger partial charge on any atom is 0.408 e. The van der Waals surface area contributed by atoms with Gasteiger partial charge in [-0.05, 0) is 27.8 Å². The Kier molecular flexibility index (Phi) is 5.15. The van der Waals surface area contributed by atoms with E-state index in [0.29, 0.717) is 12.8 Å². The molecule has 0 saturated carbocycles. The molecule has 1 amide bonds. The molecule has 1 atom stereocenters. The zero-order valence-electron chi connectivity index (χ0n) is 9.09. The summed E-state index contributed by atoms with van der Waals surface area (Å²) in [4.78, 5) is 21.7. The minimum Gasteiger partial charge on any atom is -0.444 e. The summed E-state index contributed by atoms with van der Waals surface area (Å²) in [6, 6.07) is -0.546. The van der Waals surface area contributed by atoms with E-state index in [9.17, 15) is 9.59 Å². The number of alkyl carbamates (subject to hydrolysis) is 1. The number of amides is 1. The highest BCUT2D eigenvalue weighted by Crippen LogP contribution is 2.06. The zero-order chi connectivity index (χ0) is 11.2. The lowest BCUT2D eigenvalue weighted by Gasteiger charge is -2.21. The van der Waals surface area contributed by atoms with Crippen LogP contribution in [0, 0.1) is 0 Å². The maximum absolute atomic E-state index is 11.2. The van der Waals surface area contributed by atoms with Crippen LogP contribution in [0.25, 0.3) is 0 Å². The van der Waals surface area contributed by atoms with Crippen molar-refractivity contribution in [2.24, 2.45) is 0 Å². The van der Waals surface area contributed by atoms with E-state index in [1.807, 2.05) is 0 Å². The summed E-state index contributed by atoms with van der Waals surface area (Å²) in [7, 11) is 1.70. The Hall–Kier alpha value is -1.10. The van der Waals surface area contributed by atoms with Gasteiger partial charge in [0, 0.05) is 6.54 Å². The van der Waals surface area contributed by atoms with Gasteiger partial charge in [0.05, 0.1) is 0 Å². The van der Waals surface area contributed by atoms with E-state index in [-0.39, 0.29) is 0 Å². The number of nitrogens with one attached hydrogen (secondary N) is 2. The highest BCUT2D eigenvalue weighted by Gasteiger charge is 2.18. The minimum atomic E-state index is -0.579. The quantitative estimate of drug-likeness (QED) is 0.643. The van der Waals surface area contributed by atoms with Crippen LogP contribution in [0.15, 0.2) is 0 Å². The Bertz CT molecular complexity index is 199. The maximum atomic E-state index is 11.2. The van der Waals surface area contributed by atoms with Crippen LogP contribution < -0.4 is 10.6 Å². The second-order valence-electron chi connectivity index (χ2n) is 3.95.